The Morgan fingerprint density at radius 2 is 1.57 bits per heavy atom. The number of quaternary nitrogens is 1. The van der Waals surface area contributed by atoms with E-state index in [-0.39, 0.29) is 6.10 Å². The molecule has 3 heteroatoms. The molecule has 0 amide bonds. The van der Waals surface area contributed by atoms with E-state index >= 15 is 0 Å². The first kappa shape index (κ1) is 17.7. The van der Waals surface area contributed by atoms with E-state index in [0.717, 1.165) is 48.5 Å². The molecule has 0 aromatic carbocycles. The van der Waals surface area contributed by atoms with Gasteiger partial charge in [0.1, 0.15) is 12.6 Å². The molecule has 4 rings (SSSR count). The van der Waals surface area contributed by atoms with Crippen LogP contribution in [0.15, 0.2) is 0 Å². The van der Waals surface area contributed by atoms with Crippen molar-refractivity contribution in [1.82, 2.24) is 0 Å². The van der Waals surface area contributed by atoms with Gasteiger partial charge >= 0.3 is 0 Å². The average molecular weight is 325 g/mol. The number of nitrogens with zero attached hydrogens (tertiary/aromatic N) is 1. The van der Waals surface area contributed by atoms with Crippen molar-refractivity contribution in [3.8, 4) is 0 Å². The van der Waals surface area contributed by atoms with Crippen LogP contribution in [0, 0.1) is 23.2 Å². The Kier molecular flexibility index (Phi) is 5.40. The third-order valence-electron chi connectivity index (χ3n) is 7.43. The monoisotopic (exact) mass is 324 g/mol. The number of ether oxygens (including phenoxy) is 1. The second-order valence-corrected chi connectivity index (χ2v) is 9.33. The number of hydrogen-bond acceptors (Lipinski definition) is 2. The molecule has 0 saturated heterocycles. The predicted octanol–water partition coefficient (Wildman–Crippen LogP) is 3.46. The Bertz CT molecular complexity index is 356. The van der Waals surface area contributed by atoms with Gasteiger partial charge in [0.15, 0.2) is 0 Å². The second kappa shape index (κ2) is 7.01. The van der Waals surface area contributed by atoms with Crippen LogP contribution in [0.2, 0.25) is 0 Å². The number of aliphatic hydroxyl groups is 1. The Labute approximate surface area is 143 Å². The van der Waals surface area contributed by atoms with Gasteiger partial charge in [-0.25, -0.2) is 0 Å². The summed E-state index contributed by atoms with van der Waals surface area (Å²) in [4.78, 5) is 0. The number of hydrogen-bond donors (Lipinski definition) is 1. The van der Waals surface area contributed by atoms with Gasteiger partial charge in [0.2, 0.25) is 0 Å². The summed E-state index contributed by atoms with van der Waals surface area (Å²) in [5.41, 5.74) is 0.608. The SMILES string of the molecule is CC[N+](C)(CC)C[C@@H](O)COCCC12CC3CC(CC(C3)C1)C2. The summed E-state index contributed by atoms with van der Waals surface area (Å²) in [7, 11) is 2.22. The van der Waals surface area contributed by atoms with Crippen LogP contribution in [-0.2, 0) is 4.74 Å². The molecule has 4 aliphatic rings. The van der Waals surface area contributed by atoms with Crippen LogP contribution in [0.3, 0.4) is 0 Å². The summed E-state index contributed by atoms with van der Waals surface area (Å²) in [5, 5.41) is 10.3. The van der Waals surface area contributed by atoms with Crippen molar-refractivity contribution in [2.45, 2.75) is 64.9 Å². The van der Waals surface area contributed by atoms with Gasteiger partial charge in [-0.3, -0.25) is 0 Å². The highest BCUT2D eigenvalue weighted by atomic mass is 16.5. The molecule has 4 fully saturated rings. The summed E-state index contributed by atoms with van der Waals surface area (Å²) >= 11 is 0. The van der Waals surface area contributed by atoms with Gasteiger partial charge in [-0.05, 0) is 82.0 Å². The molecule has 4 aliphatic carbocycles. The largest absolute Gasteiger partial charge is 0.385 e. The van der Waals surface area contributed by atoms with Gasteiger partial charge in [0.25, 0.3) is 0 Å². The van der Waals surface area contributed by atoms with Crippen LogP contribution >= 0.6 is 0 Å². The molecule has 23 heavy (non-hydrogen) atoms. The molecule has 3 nitrogen and oxygen atoms in total. The zero-order valence-electron chi connectivity index (χ0n) is 15.6. The third-order valence-corrected chi connectivity index (χ3v) is 7.43. The Hall–Kier alpha value is -0.120. The standard InChI is InChI=1S/C20H38NO2/c1-4-21(3,5-2)14-19(22)15-23-7-6-20-11-16-8-17(12-20)10-18(9-16)13-20/h16-19,22H,4-15H2,1-3H3/q+1/t16?,17?,18?,19-,20?/m1/s1. The molecule has 0 aromatic heterocycles. The maximum atomic E-state index is 10.3. The van der Waals surface area contributed by atoms with E-state index in [1.807, 2.05) is 0 Å². The van der Waals surface area contributed by atoms with E-state index in [4.69, 9.17) is 4.74 Å². The van der Waals surface area contributed by atoms with Crippen molar-refractivity contribution in [1.29, 1.82) is 0 Å². The summed E-state index contributed by atoms with van der Waals surface area (Å²) in [5.74, 6) is 3.08. The van der Waals surface area contributed by atoms with Gasteiger partial charge < -0.3 is 14.3 Å². The Morgan fingerprint density at radius 3 is 2.04 bits per heavy atom. The van der Waals surface area contributed by atoms with E-state index in [0.29, 0.717) is 12.0 Å². The molecule has 0 radical (unpaired) electrons. The minimum Gasteiger partial charge on any atom is -0.385 e. The highest BCUT2D eigenvalue weighted by molar-refractivity contribution is 5.01. The molecule has 0 spiro atoms. The molecule has 4 saturated carbocycles. The van der Waals surface area contributed by atoms with Gasteiger partial charge in [-0.1, -0.05) is 0 Å². The maximum absolute atomic E-state index is 10.3. The van der Waals surface area contributed by atoms with Gasteiger partial charge in [-0.2, -0.15) is 0 Å². The van der Waals surface area contributed by atoms with Crippen LogP contribution in [0.4, 0.5) is 0 Å². The van der Waals surface area contributed by atoms with E-state index < -0.39 is 0 Å². The lowest BCUT2D eigenvalue weighted by Gasteiger charge is -2.57. The summed E-state index contributed by atoms with van der Waals surface area (Å²) < 4.78 is 6.84. The fourth-order valence-corrected chi connectivity index (χ4v) is 6.15. The Balaban J connectivity index is 1.39. The van der Waals surface area contributed by atoms with E-state index in [9.17, 15) is 5.11 Å². The lowest BCUT2D eigenvalue weighted by molar-refractivity contribution is -0.909. The number of likely N-dealkylation sites (N-methyl/N-ethyl adjacent to an activating group) is 1. The van der Waals surface area contributed by atoms with Crippen molar-refractivity contribution in [3.63, 3.8) is 0 Å². The molecule has 4 bridgehead atoms. The van der Waals surface area contributed by atoms with Crippen molar-refractivity contribution in [2.24, 2.45) is 23.2 Å². The zero-order valence-corrected chi connectivity index (χ0v) is 15.6. The highest BCUT2D eigenvalue weighted by Crippen LogP contribution is 2.61. The van der Waals surface area contributed by atoms with Crippen LogP contribution in [0.5, 0.6) is 0 Å². The van der Waals surface area contributed by atoms with Crippen LogP contribution < -0.4 is 0 Å². The molecule has 1 N–H and O–H groups in total. The van der Waals surface area contributed by atoms with Crippen molar-refractivity contribution in [2.75, 3.05) is 39.9 Å². The highest BCUT2D eigenvalue weighted by Gasteiger charge is 2.50. The minimum absolute atomic E-state index is 0.323. The lowest BCUT2D eigenvalue weighted by atomic mass is 9.49. The number of aliphatic hydroxyl groups excluding tert-OH is 1. The predicted molar refractivity (Wildman–Crippen MR) is 94.2 cm³/mol. The number of rotatable bonds is 9. The normalized spacial score (nSPS) is 37.3. The average Bonchev–Trinajstić information content (AvgIpc) is 2.50. The molecule has 134 valence electrons. The van der Waals surface area contributed by atoms with Crippen LogP contribution in [-0.4, -0.2) is 55.6 Å². The third kappa shape index (κ3) is 4.11. The first-order valence-electron chi connectivity index (χ1n) is 10.1. The van der Waals surface area contributed by atoms with Crippen molar-refractivity contribution >= 4 is 0 Å². The Morgan fingerprint density at radius 1 is 1.04 bits per heavy atom. The second-order valence-electron chi connectivity index (χ2n) is 9.33. The molecule has 1 atom stereocenters. The first-order chi connectivity index (χ1) is 11.0. The van der Waals surface area contributed by atoms with Crippen molar-refractivity contribution in [3.05, 3.63) is 0 Å². The molecular formula is C20H38NO2+. The fraction of sp³-hybridized carbons (Fsp3) is 1.00. The summed E-state index contributed by atoms with van der Waals surface area (Å²) in [6.07, 6.45) is 9.85. The minimum atomic E-state index is -0.323. The molecule has 0 aromatic rings. The fourth-order valence-electron chi connectivity index (χ4n) is 6.15. The van der Waals surface area contributed by atoms with Gasteiger partial charge in [0.05, 0.1) is 26.7 Å². The molecule has 0 unspecified atom stereocenters. The maximum Gasteiger partial charge on any atom is 0.126 e. The molecular weight excluding hydrogens is 286 g/mol. The van der Waals surface area contributed by atoms with Gasteiger partial charge in [0, 0.05) is 6.61 Å². The van der Waals surface area contributed by atoms with Crippen molar-refractivity contribution < 1.29 is 14.3 Å². The quantitative estimate of drug-likeness (QED) is 0.520. The zero-order chi connectivity index (χ0) is 16.5. The summed E-state index contributed by atoms with van der Waals surface area (Å²) in [6.45, 7) is 8.71. The van der Waals surface area contributed by atoms with Crippen LogP contribution in [0.1, 0.15) is 58.8 Å². The van der Waals surface area contributed by atoms with E-state index in [1.54, 1.807) is 0 Å². The molecule has 0 heterocycles. The van der Waals surface area contributed by atoms with E-state index in [1.165, 1.54) is 44.9 Å². The molecule has 0 aliphatic heterocycles. The lowest BCUT2D eigenvalue weighted by Crippen LogP contribution is -2.49. The topological polar surface area (TPSA) is 29.5 Å². The van der Waals surface area contributed by atoms with E-state index in [2.05, 4.69) is 20.9 Å². The van der Waals surface area contributed by atoms with Gasteiger partial charge in [-0.15, -0.1) is 0 Å². The summed E-state index contributed by atoms with van der Waals surface area (Å²) in [6, 6.07) is 0. The smallest absolute Gasteiger partial charge is 0.126 e. The first-order valence-corrected chi connectivity index (χ1v) is 10.1. The van der Waals surface area contributed by atoms with Crippen LogP contribution in [0.25, 0.3) is 0 Å².